The van der Waals surface area contributed by atoms with Gasteiger partial charge in [0, 0.05) is 6.61 Å². The van der Waals surface area contributed by atoms with Crippen molar-refractivity contribution < 1.29 is 5.11 Å². The molecule has 1 heteroatoms. The first-order chi connectivity index (χ1) is 5.90. The first kappa shape index (κ1) is 7.14. The Labute approximate surface area is 73.5 Å². The molecule has 0 unspecified atom stereocenters. The predicted octanol–water partition coefficient (Wildman–Crippen LogP) is 1.83. The molecule has 5 atom stereocenters. The van der Waals surface area contributed by atoms with Crippen molar-refractivity contribution in [2.24, 2.45) is 29.6 Å². The molecule has 0 heterocycles. The molecule has 0 aromatic carbocycles. The molecule has 12 heavy (non-hydrogen) atoms. The lowest BCUT2D eigenvalue weighted by atomic mass is 9.82. The van der Waals surface area contributed by atoms with Gasteiger partial charge in [0.15, 0.2) is 0 Å². The highest BCUT2D eigenvalue weighted by Crippen LogP contribution is 2.57. The van der Waals surface area contributed by atoms with Crippen molar-refractivity contribution in [1.82, 2.24) is 0 Å². The zero-order valence-corrected chi connectivity index (χ0v) is 7.32. The Balaban J connectivity index is 1.89. The highest BCUT2D eigenvalue weighted by Gasteiger charge is 2.50. The number of hydrogen-bond acceptors (Lipinski definition) is 1. The standard InChI is InChI=1S/C11H16O/c12-6-9-3-4-10-7-1-2-8(5-7)11(9)10/h1-2,7-12H,3-6H2/t7-,8+,9-,10-,11-/m1/s1. The maximum atomic E-state index is 9.22. The molecule has 0 amide bonds. The van der Waals surface area contributed by atoms with Gasteiger partial charge in [0.05, 0.1) is 0 Å². The Bertz CT molecular complexity index is 221. The fourth-order valence-corrected chi connectivity index (χ4v) is 3.88. The lowest BCUT2D eigenvalue weighted by molar-refractivity contribution is 0.169. The Morgan fingerprint density at radius 2 is 2.00 bits per heavy atom. The Kier molecular flexibility index (Phi) is 1.40. The molecule has 66 valence electrons. The highest BCUT2D eigenvalue weighted by atomic mass is 16.3. The minimum Gasteiger partial charge on any atom is -0.396 e. The second-order valence-electron chi connectivity index (χ2n) is 4.71. The number of rotatable bonds is 1. The van der Waals surface area contributed by atoms with Crippen LogP contribution in [-0.2, 0) is 0 Å². The van der Waals surface area contributed by atoms with Crippen LogP contribution in [0.1, 0.15) is 19.3 Å². The number of allylic oxidation sites excluding steroid dienone is 2. The van der Waals surface area contributed by atoms with Crippen molar-refractivity contribution in [2.75, 3.05) is 6.61 Å². The van der Waals surface area contributed by atoms with Gasteiger partial charge < -0.3 is 5.11 Å². The van der Waals surface area contributed by atoms with Crippen molar-refractivity contribution >= 4 is 0 Å². The van der Waals surface area contributed by atoms with Crippen LogP contribution in [0.15, 0.2) is 12.2 Å². The number of aliphatic hydroxyl groups excluding tert-OH is 1. The van der Waals surface area contributed by atoms with Gasteiger partial charge in [-0.2, -0.15) is 0 Å². The molecule has 0 aromatic rings. The van der Waals surface area contributed by atoms with Crippen molar-refractivity contribution in [3.05, 3.63) is 12.2 Å². The highest BCUT2D eigenvalue weighted by molar-refractivity contribution is 5.16. The average molecular weight is 164 g/mol. The van der Waals surface area contributed by atoms with Crippen LogP contribution in [0.5, 0.6) is 0 Å². The number of hydrogen-bond donors (Lipinski definition) is 1. The molecule has 3 aliphatic carbocycles. The Morgan fingerprint density at radius 3 is 2.83 bits per heavy atom. The van der Waals surface area contributed by atoms with Crippen molar-refractivity contribution in [2.45, 2.75) is 19.3 Å². The zero-order chi connectivity index (χ0) is 8.13. The minimum atomic E-state index is 0.429. The topological polar surface area (TPSA) is 20.2 Å². The fraction of sp³-hybridized carbons (Fsp3) is 0.818. The molecule has 2 fully saturated rings. The van der Waals surface area contributed by atoms with Crippen LogP contribution in [0.4, 0.5) is 0 Å². The van der Waals surface area contributed by atoms with Gasteiger partial charge in [0.2, 0.25) is 0 Å². The molecule has 2 saturated carbocycles. The summed E-state index contributed by atoms with van der Waals surface area (Å²) in [7, 11) is 0. The molecule has 3 aliphatic rings. The maximum Gasteiger partial charge on any atom is 0.0462 e. The van der Waals surface area contributed by atoms with Crippen LogP contribution >= 0.6 is 0 Å². The normalized spacial score (nSPS) is 54.9. The molecule has 3 rings (SSSR count). The summed E-state index contributed by atoms with van der Waals surface area (Å²) in [5.41, 5.74) is 0. The quantitative estimate of drug-likeness (QED) is 0.586. The van der Waals surface area contributed by atoms with E-state index in [-0.39, 0.29) is 0 Å². The summed E-state index contributed by atoms with van der Waals surface area (Å²) in [6.45, 7) is 0.429. The summed E-state index contributed by atoms with van der Waals surface area (Å²) in [6, 6.07) is 0. The van der Waals surface area contributed by atoms with E-state index in [2.05, 4.69) is 12.2 Å². The van der Waals surface area contributed by atoms with Crippen molar-refractivity contribution in [3.63, 3.8) is 0 Å². The van der Waals surface area contributed by atoms with Crippen LogP contribution in [0.2, 0.25) is 0 Å². The number of aliphatic hydroxyl groups is 1. The fourth-order valence-electron chi connectivity index (χ4n) is 3.88. The van der Waals surface area contributed by atoms with Crippen molar-refractivity contribution in [1.29, 1.82) is 0 Å². The van der Waals surface area contributed by atoms with Gasteiger partial charge in [-0.05, 0) is 48.9 Å². The lowest BCUT2D eigenvalue weighted by Crippen LogP contribution is -2.21. The summed E-state index contributed by atoms with van der Waals surface area (Å²) >= 11 is 0. The molecular formula is C11H16O. The van der Waals surface area contributed by atoms with E-state index < -0.39 is 0 Å². The van der Waals surface area contributed by atoms with Gasteiger partial charge in [0.1, 0.15) is 0 Å². The Hall–Kier alpha value is -0.300. The molecule has 0 aliphatic heterocycles. The third-order valence-corrected chi connectivity index (χ3v) is 4.34. The van der Waals surface area contributed by atoms with E-state index in [1.807, 2.05) is 0 Å². The summed E-state index contributed by atoms with van der Waals surface area (Å²) in [6.07, 6.45) is 8.87. The van der Waals surface area contributed by atoms with Gasteiger partial charge >= 0.3 is 0 Å². The van der Waals surface area contributed by atoms with Gasteiger partial charge in [-0.1, -0.05) is 12.2 Å². The van der Waals surface area contributed by atoms with Gasteiger partial charge in [-0.3, -0.25) is 0 Å². The molecule has 0 saturated heterocycles. The van der Waals surface area contributed by atoms with E-state index in [4.69, 9.17) is 0 Å². The van der Waals surface area contributed by atoms with Gasteiger partial charge in [-0.25, -0.2) is 0 Å². The molecular weight excluding hydrogens is 148 g/mol. The van der Waals surface area contributed by atoms with E-state index in [0.29, 0.717) is 12.5 Å². The van der Waals surface area contributed by atoms with Crippen LogP contribution in [0, 0.1) is 29.6 Å². The van der Waals surface area contributed by atoms with Gasteiger partial charge in [0.25, 0.3) is 0 Å². The van der Waals surface area contributed by atoms with E-state index in [1.165, 1.54) is 19.3 Å². The largest absolute Gasteiger partial charge is 0.396 e. The molecule has 2 bridgehead atoms. The lowest BCUT2D eigenvalue weighted by Gasteiger charge is -2.24. The second-order valence-corrected chi connectivity index (χ2v) is 4.71. The van der Waals surface area contributed by atoms with Crippen molar-refractivity contribution in [3.8, 4) is 0 Å². The van der Waals surface area contributed by atoms with E-state index >= 15 is 0 Å². The molecule has 0 radical (unpaired) electrons. The van der Waals surface area contributed by atoms with Crippen LogP contribution in [0.3, 0.4) is 0 Å². The third kappa shape index (κ3) is 0.731. The molecule has 1 nitrogen and oxygen atoms in total. The molecule has 1 N–H and O–H groups in total. The second kappa shape index (κ2) is 2.35. The first-order valence-corrected chi connectivity index (χ1v) is 5.19. The third-order valence-electron chi connectivity index (χ3n) is 4.34. The smallest absolute Gasteiger partial charge is 0.0462 e. The molecule has 0 spiro atoms. The van der Waals surface area contributed by atoms with Crippen LogP contribution in [-0.4, -0.2) is 11.7 Å². The van der Waals surface area contributed by atoms with Crippen LogP contribution in [0.25, 0.3) is 0 Å². The monoisotopic (exact) mass is 164 g/mol. The summed E-state index contributed by atoms with van der Waals surface area (Å²) in [5.74, 6) is 4.15. The van der Waals surface area contributed by atoms with Crippen LogP contribution < -0.4 is 0 Å². The first-order valence-electron chi connectivity index (χ1n) is 5.19. The summed E-state index contributed by atoms with van der Waals surface area (Å²) in [4.78, 5) is 0. The summed E-state index contributed by atoms with van der Waals surface area (Å²) in [5, 5.41) is 9.22. The SMILES string of the molecule is OC[C@H]1CC[C@H]2[C@@H]1[C@H]1C=C[C@@H]2C1. The average Bonchev–Trinajstić information content (AvgIpc) is 2.76. The van der Waals surface area contributed by atoms with E-state index in [9.17, 15) is 5.11 Å². The minimum absolute atomic E-state index is 0.429. The Morgan fingerprint density at radius 1 is 1.17 bits per heavy atom. The zero-order valence-electron chi connectivity index (χ0n) is 7.32. The maximum absolute atomic E-state index is 9.22. The van der Waals surface area contributed by atoms with E-state index in [1.54, 1.807) is 0 Å². The summed E-state index contributed by atoms with van der Waals surface area (Å²) < 4.78 is 0. The number of fused-ring (bicyclic) bond motifs is 5. The molecule has 0 aromatic heterocycles. The predicted molar refractivity (Wildman–Crippen MR) is 47.5 cm³/mol. The van der Waals surface area contributed by atoms with E-state index in [0.717, 1.165) is 23.7 Å². The van der Waals surface area contributed by atoms with Gasteiger partial charge in [-0.15, -0.1) is 0 Å².